The molecular formula is C17H24N4O2S. The van der Waals surface area contributed by atoms with Crippen LogP contribution in [-0.2, 0) is 7.05 Å². The van der Waals surface area contributed by atoms with Gasteiger partial charge >= 0.3 is 0 Å². The fraction of sp³-hybridized carbons (Fsp3) is 0.529. The van der Waals surface area contributed by atoms with Crippen LogP contribution in [0, 0.1) is 0 Å². The van der Waals surface area contributed by atoms with Gasteiger partial charge in [0.2, 0.25) is 0 Å². The maximum atomic E-state index is 5.76. The van der Waals surface area contributed by atoms with Gasteiger partial charge in [-0.25, -0.2) is 0 Å². The fourth-order valence-corrected chi connectivity index (χ4v) is 3.60. The van der Waals surface area contributed by atoms with Gasteiger partial charge in [-0.2, -0.15) is 0 Å². The van der Waals surface area contributed by atoms with Crippen molar-refractivity contribution in [2.24, 2.45) is 7.05 Å². The van der Waals surface area contributed by atoms with Gasteiger partial charge in [0.25, 0.3) is 0 Å². The lowest BCUT2D eigenvalue weighted by Gasteiger charge is -2.21. The minimum absolute atomic E-state index is 0.471. The van der Waals surface area contributed by atoms with Crippen molar-refractivity contribution in [2.75, 3.05) is 32.6 Å². The number of nitrogens with one attached hydrogen (secondary N) is 1. The lowest BCUT2D eigenvalue weighted by Crippen LogP contribution is -2.29. The van der Waals surface area contributed by atoms with E-state index < -0.39 is 0 Å². The van der Waals surface area contributed by atoms with E-state index in [4.69, 9.17) is 9.47 Å². The van der Waals surface area contributed by atoms with Gasteiger partial charge in [0.1, 0.15) is 17.3 Å². The molecule has 130 valence electrons. The molecule has 0 saturated carbocycles. The summed E-state index contributed by atoms with van der Waals surface area (Å²) in [4.78, 5) is 0. The molecule has 1 fully saturated rings. The maximum Gasteiger partial charge on any atom is 0.191 e. The van der Waals surface area contributed by atoms with Crippen LogP contribution in [0.15, 0.2) is 29.4 Å². The van der Waals surface area contributed by atoms with Crippen LogP contribution in [0.3, 0.4) is 0 Å². The number of nitrogens with zero attached hydrogens (tertiary/aromatic N) is 3. The van der Waals surface area contributed by atoms with Crippen molar-refractivity contribution in [3.8, 4) is 11.5 Å². The Labute approximate surface area is 146 Å². The molecule has 0 spiro atoms. The summed E-state index contributed by atoms with van der Waals surface area (Å²) in [5.41, 5.74) is 0. The van der Waals surface area contributed by atoms with Crippen LogP contribution in [0.1, 0.15) is 24.6 Å². The summed E-state index contributed by atoms with van der Waals surface area (Å²) in [6.07, 6.45) is 2.39. The first-order chi connectivity index (χ1) is 11.8. The highest BCUT2D eigenvalue weighted by Gasteiger charge is 2.21. The average molecular weight is 348 g/mol. The molecule has 1 aromatic carbocycles. The van der Waals surface area contributed by atoms with Crippen molar-refractivity contribution in [2.45, 2.75) is 23.9 Å². The normalized spacial score (nSPS) is 17.7. The Morgan fingerprint density at radius 3 is 3.00 bits per heavy atom. The Hall–Kier alpha value is -1.73. The molecule has 0 aliphatic carbocycles. The summed E-state index contributed by atoms with van der Waals surface area (Å²) >= 11 is 1.67. The molecule has 0 amide bonds. The first-order valence-electron chi connectivity index (χ1n) is 8.27. The molecule has 1 saturated heterocycles. The zero-order chi connectivity index (χ0) is 16.8. The van der Waals surface area contributed by atoms with E-state index >= 15 is 0 Å². The van der Waals surface area contributed by atoms with Gasteiger partial charge in [-0.3, -0.25) is 0 Å². The summed E-state index contributed by atoms with van der Waals surface area (Å²) in [5, 5.41) is 13.1. The molecule has 0 bridgehead atoms. The van der Waals surface area contributed by atoms with Crippen molar-refractivity contribution in [3.63, 3.8) is 0 Å². The molecule has 2 aromatic rings. The van der Waals surface area contributed by atoms with Gasteiger partial charge in [-0.15, -0.1) is 10.2 Å². The molecule has 1 aromatic heterocycles. The van der Waals surface area contributed by atoms with Crippen LogP contribution in [0.5, 0.6) is 11.5 Å². The lowest BCUT2D eigenvalue weighted by molar-refractivity contribution is 0.339. The molecular weight excluding hydrogens is 324 g/mol. The number of benzene rings is 1. The summed E-state index contributed by atoms with van der Waals surface area (Å²) < 4.78 is 13.1. The number of hydrogen-bond donors (Lipinski definition) is 1. The van der Waals surface area contributed by atoms with E-state index in [0.717, 1.165) is 41.3 Å². The molecule has 2 heterocycles. The van der Waals surface area contributed by atoms with Crippen molar-refractivity contribution >= 4 is 11.8 Å². The van der Waals surface area contributed by atoms with Gasteiger partial charge in [0, 0.05) is 31.3 Å². The average Bonchev–Trinajstić information content (AvgIpc) is 3.00. The highest BCUT2D eigenvalue weighted by Crippen LogP contribution is 2.25. The number of hydrogen-bond acceptors (Lipinski definition) is 6. The summed E-state index contributed by atoms with van der Waals surface area (Å²) in [7, 11) is 3.71. The fourth-order valence-electron chi connectivity index (χ4n) is 2.86. The predicted octanol–water partition coefficient (Wildman–Crippen LogP) is 2.46. The number of ether oxygens (including phenoxy) is 2. The minimum atomic E-state index is 0.471. The predicted molar refractivity (Wildman–Crippen MR) is 95.1 cm³/mol. The summed E-state index contributed by atoms with van der Waals surface area (Å²) in [5.74, 6) is 4.00. The van der Waals surface area contributed by atoms with Crippen LogP contribution in [0.2, 0.25) is 0 Å². The Kier molecular flexibility index (Phi) is 5.98. The van der Waals surface area contributed by atoms with Crippen molar-refractivity contribution in [1.29, 1.82) is 0 Å². The van der Waals surface area contributed by atoms with E-state index in [2.05, 4.69) is 27.1 Å². The SMILES string of the molecule is COc1cccc(OCCSc2nnc([C@@H]3CCCNC3)n2C)c1. The molecule has 1 atom stereocenters. The van der Waals surface area contributed by atoms with E-state index in [1.165, 1.54) is 12.8 Å². The van der Waals surface area contributed by atoms with Gasteiger partial charge in [0.15, 0.2) is 5.16 Å². The van der Waals surface area contributed by atoms with Crippen molar-refractivity contribution < 1.29 is 9.47 Å². The maximum absolute atomic E-state index is 5.76. The molecule has 1 aliphatic heterocycles. The first-order valence-corrected chi connectivity index (χ1v) is 9.26. The highest BCUT2D eigenvalue weighted by atomic mass is 32.2. The monoisotopic (exact) mass is 348 g/mol. The van der Waals surface area contributed by atoms with E-state index in [1.54, 1.807) is 18.9 Å². The van der Waals surface area contributed by atoms with Gasteiger partial charge in [-0.1, -0.05) is 17.8 Å². The standard InChI is InChI=1S/C17H24N4O2S/c1-21-16(13-5-4-8-18-12-13)19-20-17(21)24-10-9-23-15-7-3-6-14(11-15)22-2/h3,6-7,11,13,18H,4-5,8-10,12H2,1-2H3/t13-/m1/s1. The highest BCUT2D eigenvalue weighted by molar-refractivity contribution is 7.99. The second-order valence-electron chi connectivity index (χ2n) is 5.82. The van der Waals surface area contributed by atoms with Crippen molar-refractivity contribution in [1.82, 2.24) is 20.1 Å². The second-order valence-corrected chi connectivity index (χ2v) is 6.88. The zero-order valence-corrected chi connectivity index (χ0v) is 15.0. The Balaban J connectivity index is 1.49. The lowest BCUT2D eigenvalue weighted by atomic mass is 9.99. The van der Waals surface area contributed by atoms with E-state index in [1.807, 2.05) is 24.3 Å². The molecule has 24 heavy (non-hydrogen) atoms. The third kappa shape index (κ3) is 4.21. The molecule has 6 nitrogen and oxygen atoms in total. The van der Waals surface area contributed by atoms with Crippen LogP contribution >= 0.6 is 11.8 Å². The Morgan fingerprint density at radius 2 is 2.21 bits per heavy atom. The number of methoxy groups -OCH3 is 1. The van der Waals surface area contributed by atoms with E-state index in [0.29, 0.717) is 12.5 Å². The third-order valence-corrected chi connectivity index (χ3v) is 5.14. The van der Waals surface area contributed by atoms with Gasteiger partial charge in [-0.05, 0) is 31.5 Å². The molecule has 0 radical (unpaired) electrons. The summed E-state index contributed by atoms with van der Waals surface area (Å²) in [6.45, 7) is 2.72. The van der Waals surface area contributed by atoms with Crippen LogP contribution in [0.25, 0.3) is 0 Å². The first kappa shape index (κ1) is 17.1. The van der Waals surface area contributed by atoms with Crippen LogP contribution in [-0.4, -0.2) is 47.3 Å². The summed E-state index contributed by atoms with van der Waals surface area (Å²) in [6, 6.07) is 7.65. The van der Waals surface area contributed by atoms with Gasteiger partial charge in [0.05, 0.1) is 13.7 Å². The largest absolute Gasteiger partial charge is 0.497 e. The topological polar surface area (TPSA) is 61.2 Å². The zero-order valence-electron chi connectivity index (χ0n) is 14.2. The molecule has 0 unspecified atom stereocenters. The number of rotatable bonds is 7. The molecule has 3 rings (SSSR count). The van der Waals surface area contributed by atoms with E-state index in [-0.39, 0.29) is 0 Å². The number of thioether (sulfide) groups is 1. The Bertz CT molecular complexity index is 656. The molecule has 7 heteroatoms. The second kappa shape index (κ2) is 8.39. The van der Waals surface area contributed by atoms with Crippen LogP contribution in [0.4, 0.5) is 0 Å². The van der Waals surface area contributed by atoms with Gasteiger partial charge < -0.3 is 19.4 Å². The molecule has 1 aliphatic rings. The Morgan fingerprint density at radius 1 is 1.33 bits per heavy atom. The quantitative estimate of drug-likeness (QED) is 0.613. The minimum Gasteiger partial charge on any atom is -0.497 e. The third-order valence-electron chi connectivity index (χ3n) is 4.16. The molecule has 1 N–H and O–H groups in total. The number of piperidine rings is 1. The van der Waals surface area contributed by atoms with Crippen LogP contribution < -0.4 is 14.8 Å². The van der Waals surface area contributed by atoms with E-state index in [9.17, 15) is 0 Å². The number of aromatic nitrogens is 3. The van der Waals surface area contributed by atoms with Crippen molar-refractivity contribution in [3.05, 3.63) is 30.1 Å². The smallest absolute Gasteiger partial charge is 0.191 e.